The molecule has 0 radical (unpaired) electrons. The molecule has 1 atom stereocenters. The van der Waals surface area contributed by atoms with Crippen molar-refractivity contribution in [1.29, 1.82) is 0 Å². The fourth-order valence-electron chi connectivity index (χ4n) is 2.24. The molecule has 7 heteroatoms. The third-order valence-corrected chi connectivity index (χ3v) is 5.74. The second-order valence-corrected chi connectivity index (χ2v) is 7.56. The van der Waals surface area contributed by atoms with Gasteiger partial charge in [-0.1, -0.05) is 6.92 Å². The van der Waals surface area contributed by atoms with Gasteiger partial charge in [0.05, 0.1) is 11.0 Å². The van der Waals surface area contributed by atoms with Crippen molar-refractivity contribution in [2.75, 3.05) is 29.5 Å². The number of anilines is 2. The van der Waals surface area contributed by atoms with E-state index in [2.05, 4.69) is 27.5 Å². The Morgan fingerprint density at radius 3 is 2.85 bits per heavy atom. The predicted octanol–water partition coefficient (Wildman–Crippen LogP) is 1.60. The van der Waals surface area contributed by atoms with Crippen LogP contribution < -0.4 is 10.6 Å². The van der Waals surface area contributed by atoms with Crippen LogP contribution in [0.2, 0.25) is 0 Å². The molecule has 2 rings (SSSR count). The number of hydrogen-bond acceptors (Lipinski definition) is 6. The fraction of sp³-hybridized carbons (Fsp3) is 0.692. The fourth-order valence-corrected chi connectivity index (χ4v) is 4.01. The minimum absolute atomic E-state index is 0.288. The summed E-state index contributed by atoms with van der Waals surface area (Å²) in [6, 6.07) is 0. The van der Waals surface area contributed by atoms with E-state index < -0.39 is 9.84 Å². The Kier molecular flexibility index (Phi) is 4.80. The highest BCUT2D eigenvalue weighted by molar-refractivity contribution is 7.92. The molecule has 1 saturated heterocycles. The Morgan fingerprint density at radius 1 is 1.40 bits per heavy atom. The topological polar surface area (TPSA) is 84.0 Å². The lowest BCUT2D eigenvalue weighted by atomic mass is 10.2. The van der Waals surface area contributed by atoms with Gasteiger partial charge < -0.3 is 10.6 Å². The average molecular weight is 298 g/mol. The van der Waals surface area contributed by atoms with E-state index in [1.807, 2.05) is 6.92 Å². The molecule has 1 fully saturated rings. The molecule has 1 aliphatic rings. The Morgan fingerprint density at radius 2 is 2.20 bits per heavy atom. The number of aromatic nitrogens is 2. The molecule has 0 amide bonds. The van der Waals surface area contributed by atoms with Gasteiger partial charge in [0.2, 0.25) is 5.95 Å². The van der Waals surface area contributed by atoms with Crippen LogP contribution in [0.5, 0.6) is 0 Å². The highest BCUT2D eigenvalue weighted by atomic mass is 32.2. The van der Waals surface area contributed by atoms with Crippen LogP contribution in [0.25, 0.3) is 0 Å². The smallest absolute Gasteiger partial charge is 0.224 e. The van der Waals surface area contributed by atoms with E-state index in [0.29, 0.717) is 24.1 Å². The Labute approximate surface area is 120 Å². The van der Waals surface area contributed by atoms with Crippen molar-refractivity contribution in [3.05, 3.63) is 11.8 Å². The van der Waals surface area contributed by atoms with E-state index in [-0.39, 0.29) is 5.25 Å². The van der Waals surface area contributed by atoms with Crippen LogP contribution in [0, 0.1) is 6.92 Å². The van der Waals surface area contributed by atoms with Gasteiger partial charge in [-0.05, 0) is 26.2 Å². The number of nitrogens with zero attached hydrogens (tertiary/aromatic N) is 2. The van der Waals surface area contributed by atoms with Gasteiger partial charge in [-0.3, -0.25) is 0 Å². The van der Waals surface area contributed by atoms with Crippen molar-refractivity contribution in [2.45, 2.75) is 38.4 Å². The first-order valence-corrected chi connectivity index (χ1v) is 8.77. The molecule has 6 nitrogen and oxygen atoms in total. The molecule has 1 aromatic rings. The highest BCUT2D eigenvalue weighted by Crippen LogP contribution is 2.21. The van der Waals surface area contributed by atoms with Gasteiger partial charge in [-0.2, -0.15) is 4.98 Å². The Bertz CT molecular complexity index is 559. The van der Waals surface area contributed by atoms with Gasteiger partial charge >= 0.3 is 0 Å². The molecule has 0 aliphatic carbocycles. The van der Waals surface area contributed by atoms with Crippen LogP contribution >= 0.6 is 0 Å². The van der Waals surface area contributed by atoms with E-state index in [0.717, 1.165) is 31.4 Å². The minimum atomic E-state index is -2.92. The van der Waals surface area contributed by atoms with Gasteiger partial charge in [-0.15, -0.1) is 0 Å². The summed E-state index contributed by atoms with van der Waals surface area (Å²) in [6.07, 6.45) is 4.25. The van der Waals surface area contributed by atoms with Crippen LogP contribution in [-0.2, 0) is 9.84 Å². The van der Waals surface area contributed by atoms with E-state index in [1.165, 1.54) is 0 Å². The molecule has 1 aromatic heterocycles. The molecular weight excluding hydrogens is 276 g/mol. The molecule has 0 spiro atoms. The third-order valence-electron chi connectivity index (χ3n) is 3.46. The lowest BCUT2D eigenvalue weighted by Gasteiger charge is -2.13. The van der Waals surface area contributed by atoms with Crippen LogP contribution in [0.15, 0.2) is 6.20 Å². The first-order valence-electron chi connectivity index (χ1n) is 7.06. The zero-order chi connectivity index (χ0) is 14.6. The Balaban J connectivity index is 2.01. The molecule has 2 heterocycles. The maximum Gasteiger partial charge on any atom is 0.224 e. The van der Waals surface area contributed by atoms with Crippen LogP contribution in [0.4, 0.5) is 11.8 Å². The lowest BCUT2D eigenvalue weighted by molar-refractivity contribution is 0.591. The summed E-state index contributed by atoms with van der Waals surface area (Å²) in [5.41, 5.74) is 0.919. The SMILES string of the molecule is CCCNc1ncc(C)c(NCC2CCCS2(=O)=O)n1. The van der Waals surface area contributed by atoms with Gasteiger partial charge in [0.1, 0.15) is 5.82 Å². The average Bonchev–Trinajstić information content (AvgIpc) is 2.75. The minimum Gasteiger partial charge on any atom is -0.368 e. The number of sulfone groups is 1. The molecule has 0 aromatic carbocycles. The van der Waals surface area contributed by atoms with Crippen molar-refractivity contribution < 1.29 is 8.42 Å². The number of nitrogens with one attached hydrogen (secondary N) is 2. The van der Waals surface area contributed by atoms with Crippen molar-refractivity contribution in [3.63, 3.8) is 0 Å². The molecule has 112 valence electrons. The molecule has 20 heavy (non-hydrogen) atoms. The van der Waals surface area contributed by atoms with E-state index in [1.54, 1.807) is 6.20 Å². The predicted molar refractivity (Wildman–Crippen MR) is 80.8 cm³/mol. The maximum absolute atomic E-state index is 11.8. The van der Waals surface area contributed by atoms with Crippen LogP contribution in [-0.4, -0.2) is 42.5 Å². The first kappa shape index (κ1) is 15.0. The number of rotatable bonds is 6. The van der Waals surface area contributed by atoms with E-state index >= 15 is 0 Å². The second kappa shape index (κ2) is 6.39. The number of hydrogen-bond donors (Lipinski definition) is 2. The monoisotopic (exact) mass is 298 g/mol. The maximum atomic E-state index is 11.8. The van der Waals surface area contributed by atoms with Crippen molar-refractivity contribution in [3.8, 4) is 0 Å². The van der Waals surface area contributed by atoms with Gasteiger partial charge in [0, 0.05) is 24.8 Å². The van der Waals surface area contributed by atoms with Gasteiger partial charge in [0.15, 0.2) is 9.84 Å². The summed E-state index contributed by atoms with van der Waals surface area (Å²) >= 11 is 0. The third kappa shape index (κ3) is 3.59. The normalized spacial score (nSPS) is 20.8. The van der Waals surface area contributed by atoms with Crippen molar-refractivity contribution >= 4 is 21.6 Å². The summed E-state index contributed by atoms with van der Waals surface area (Å²) in [6.45, 7) is 5.23. The molecule has 2 N–H and O–H groups in total. The van der Waals surface area contributed by atoms with E-state index in [4.69, 9.17) is 0 Å². The van der Waals surface area contributed by atoms with Gasteiger partial charge in [-0.25, -0.2) is 13.4 Å². The molecule has 1 aliphatic heterocycles. The van der Waals surface area contributed by atoms with Gasteiger partial charge in [0.25, 0.3) is 0 Å². The van der Waals surface area contributed by atoms with E-state index in [9.17, 15) is 8.42 Å². The lowest BCUT2D eigenvalue weighted by Crippen LogP contribution is -2.25. The largest absolute Gasteiger partial charge is 0.368 e. The standard InChI is InChI=1S/C13H22N4O2S/c1-3-6-14-13-16-8-10(2)12(17-13)15-9-11-5-4-7-20(11,18)19/h8,11H,3-7,9H2,1-2H3,(H2,14,15,16,17). The second-order valence-electron chi connectivity index (χ2n) is 5.16. The summed E-state index contributed by atoms with van der Waals surface area (Å²) in [5, 5.41) is 5.99. The molecule has 1 unspecified atom stereocenters. The molecule has 0 saturated carbocycles. The highest BCUT2D eigenvalue weighted by Gasteiger charge is 2.31. The summed E-state index contributed by atoms with van der Waals surface area (Å²) in [5.74, 6) is 1.60. The zero-order valence-electron chi connectivity index (χ0n) is 12.0. The van der Waals surface area contributed by atoms with Crippen LogP contribution in [0.3, 0.4) is 0 Å². The van der Waals surface area contributed by atoms with Crippen molar-refractivity contribution in [2.24, 2.45) is 0 Å². The number of aryl methyl sites for hydroxylation is 1. The summed E-state index contributed by atoms with van der Waals surface area (Å²) < 4.78 is 23.6. The molecular formula is C13H22N4O2S. The zero-order valence-corrected chi connectivity index (χ0v) is 12.8. The quantitative estimate of drug-likeness (QED) is 0.830. The summed E-state index contributed by atoms with van der Waals surface area (Å²) in [7, 11) is -2.92. The first-order chi connectivity index (χ1) is 9.53. The summed E-state index contributed by atoms with van der Waals surface area (Å²) in [4.78, 5) is 8.59. The van der Waals surface area contributed by atoms with Crippen LogP contribution in [0.1, 0.15) is 31.7 Å². The Hall–Kier alpha value is -1.37. The van der Waals surface area contributed by atoms with Crippen molar-refractivity contribution in [1.82, 2.24) is 9.97 Å². The molecule has 0 bridgehead atoms.